The molecule has 8 heteroatoms. The Morgan fingerprint density at radius 3 is 2.36 bits per heavy atom. The number of aryl methyl sites for hydroxylation is 4. The van der Waals surface area contributed by atoms with Gasteiger partial charge < -0.3 is 24.1 Å². The number of amides is 1. The molecule has 0 saturated carbocycles. The lowest BCUT2D eigenvalue weighted by molar-refractivity contribution is -0.123. The minimum absolute atomic E-state index is 0.239. The van der Waals surface area contributed by atoms with Gasteiger partial charge in [-0.15, -0.1) is 0 Å². The van der Waals surface area contributed by atoms with Crippen LogP contribution in [0.2, 0.25) is 0 Å². The van der Waals surface area contributed by atoms with Crippen LogP contribution < -0.4 is 14.8 Å². The standard InChI is InChI=1S/C25H28N2O6/c1-14-8-7-9-15(2)23(14)26-24(28)18(5)32-25(29)19-10-11-21(22(12-19)30-6)31-13-20-16(3)27-33-17(20)4/h7-12,18H,13H2,1-6H3,(H,26,28). The molecule has 33 heavy (non-hydrogen) atoms. The maximum atomic E-state index is 12.6. The number of para-hydroxylation sites is 1. The van der Waals surface area contributed by atoms with Crippen molar-refractivity contribution in [1.82, 2.24) is 5.16 Å². The summed E-state index contributed by atoms with van der Waals surface area (Å²) in [5, 5.41) is 6.74. The molecule has 1 N–H and O–H groups in total. The van der Waals surface area contributed by atoms with E-state index in [-0.39, 0.29) is 12.2 Å². The highest BCUT2D eigenvalue weighted by Crippen LogP contribution is 2.30. The van der Waals surface area contributed by atoms with E-state index in [9.17, 15) is 9.59 Å². The molecule has 3 rings (SSSR count). The summed E-state index contributed by atoms with van der Waals surface area (Å²) in [4.78, 5) is 25.2. The van der Waals surface area contributed by atoms with Crippen LogP contribution in [0.15, 0.2) is 40.9 Å². The van der Waals surface area contributed by atoms with Crippen LogP contribution in [-0.2, 0) is 16.1 Å². The fraction of sp³-hybridized carbons (Fsp3) is 0.320. The van der Waals surface area contributed by atoms with Crippen molar-refractivity contribution < 1.29 is 28.3 Å². The van der Waals surface area contributed by atoms with Gasteiger partial charge in [0.1, 0.15) is 12.4 Å². The molecule has 174 valence electrons. The molecule has 0 aliphatic heterocycles. The average Bonchev–Trinajstić information content (AvgIpc) is 3.11. The monoisotopic (exact) mass is 452 g/mol. The predicted octanol–water partition coefficient (Wildman–Crippen LogP) is 4.68. The molecule has 0 saturated heterocycles. The number of benzene rings is 2. The van der Waals surface area contributed by atoms with Crippen LogP contribution in [-0.4, -0.2) is 30.2 Å². The van der Waals surface area contributed by atoms with E-state index < -0.39 is 18.0 Å². The summed E-state index contributed by atoms with van der Waals surface area (Å²) < 4.78 is 21.7. The predicted molar refractivity (Wildman–Crippen MR) is 123 cm³/mol. The molecule has 8 nitrogen and oxygen atoms in total. The second kappa shape index (κ2) is 10.2. The van der Waals surface area contributed by atoms with Crippen molar-refractivity contribution in [1.29, 1.82) is 0 Å². The summed E-state index contributed by atoms with van der Waals surface area (Å²) >= 11 is 0. The number of aromatic nitrogens is 1. The lowest BCUT2D eigenvalue weighted by Gasteiger charge is -2.17. The zero-order valence-electron chi connectivity index (χ0n) is 19.6. The number of nitrogens with zero attached hydrogens (tertiary/aromatic N) is 1. The average molecular weight is 453 g/mol. The van der Waals surface area contributed by atoms with Crippen LogP contribution in [0.4, 0.5) is 5.69 Å². The van der Waals surface area contributed by atoms with Crippen molar-refractivity contribution in [2.45, 2.75) is 47.3 Å². The van der Waals surface area contributed by atoms with Gasteiger partial charge in [0, 0.05) is 5.69 Å². The third-order valence-corrected chi connectivity index (χ3v) is 5.33. The van der Waals surface area contributed by atoms with Gasteiger partial charge in [0.05, 0.1) is 23.9 Å². The Balaban J connectivity index is 1.66. The maximum Gasteiger partial charge on any atom is 0.339 e. The highest BCUT2D eigenvalue weighted by Gasteiger charge is 2.21. The Morgan fingerprint density at radius 1 is 1.06 bits per heavy atom. The number of carbonyl (C=O) groups excluding carboxylic acids is 2. The smallest absolute Gasteiger partial charge is 0.339 e. The minimum atomic E-state index is -0.988. The Labute approximate surface area is 192 Å². The van der Waals surface area contributed by atoms with Crippen LogP contribution in [0, 0.1) is 27.7 Å². The first-order valence-electron chi connectivity index (χ1n) is 10.5. The molecule has 1 unspecified atom stereocenters. The summed E-state index contributed by atoms with van der Waals surface area (Å²) in [5.41, 5.74) is 4.41. The van der Waals surface area contributed by atoms with Crippen molar-refractivity contribution in [3.63, 3.8) is 0 Å². The topological polar surface area (TPSA) is 99.9 Å². The number of carbonyl (C=O) groups is 2. The SMILES string of the molecule is COc1cc(C(=O)OC(C)C(=O)Nc2c(C)cccc2C)ccc1OCc1c(C)noc1C. The molecule has 3 aromatic rings. The first kappa shape index (κ1) is 23.8. The number of hydrogen-bond donors (Lipinski definition) is 1. The molecule has 1 heterocycles. The fourth-order valence-electron chi connectivity index (χ4n) is 3.29. The molecule has 1 atom stereocenters. The molecule has 0 aliphatic carbocycles. The lowest BCUT2D eigenvalue weighted by Crippen LogP contribution is -2.30. The van der Waals surface area contributed by atoms with Gasteiger partial charge >= 0.3 is 5.97 Å². The van der Waals surface area contributed by atoms with Gasteiger partial charge in [-0.1, -0.05) is 23.4 Å². The van der Waals surface area contributed by atoms with Gasteiger partial charge in [-0.05, 0) is 63.9 Å². The van der Waals surface area contributed by atoms with Crippen LogP contribution in [0.3, 0.4) is 0 Å². The van der Waals surface area contributed by atoms with Crippen molar-refractivity contribution in [2.24, 2.45) is 0 Å². The molecule has 1 aromatic heterocycles. The summed E-state index contributed by atoms with van der Waals surface area (Å²) in [5.74, 6) is 0.445. The number of hydrogen-bond acceptors (Lipinski definition) is 7. The van der Waals surface area contributed by atoms with Crippen LogP contribution in [0.25, 0.3) is 0 Å². The van der Waals surface area contributed by atoms with Gasteiger partial charge in [0.15, 0.2) is 17.6 Å². The third kappa shape index (κ3) is 5.52. The second-order valence-corrected chi connectivity index (χ2v) is 7.76. The third-order valence-electron chi connectivity index (χ3n) is 5.33. The number of rotatable bonds is 8. The highest BCUT2D eigenvalue weighted by molar-refractivity contribution is 5.98. The van der Waals surface area contributed by atoms with Crippen molar-refractivity contribution >= 4 is 17.6 Å². The van der Waals surface area contributed by atoms with Gasteiger partial charge in [-0.3, -0.25) is 4.79 Å². The molecule has 2 aromatic carbocycles. The Bertz CT molecular complexity index is 1130. The molecular weight excluding hydrogens is 424 g/mol. The molecule has 0 radical (unpaired) electrons. The first-order chi connectivity index (χ1) is 15.7. The number of anilines is 1. The Morgan fingerprint density at radius 2 is 1.76 bits per heavy atom. The van der Waals surface area contributed by atoms with E-state index >= 15 is 0 Å². The zero-order valence-corrected chi connectivity index (χ0v) is 19.6. The van der Waals surface area contributed by atoms with Crippen molar-refractivity contribution in [3.8, 4) is 11.5 Å². The number of ether oxygens (including phenoxy) is 3. The van der Waals surface area contributed by atoms with E-state index in [1.807, 2.05) is 45.9 Å². The number of nitrogens with one attached hydrogen (secondary N) is 1. The summed E-state index contributed by atoms with van der Waals surface area (Å²) in [6, 6.07) is 10.4. The van der Waals surface area contributed by atoms with Crippen LogP contribution in [0.5, 0.6) is 11.5 Å². The maximum absolute atomic E-state index is 12.6. The number of esters is 1. The lowest BCUT2D eigenvalue weighted by atomic mass is 10.1. The Hall–Kier alpha value is -3.81. The first-order valence-corrected chi connectivity index (χ1v) is 10.5. The van der Waals surface area contributed by atoms with E-state index in [1.165, 1.54) is 20.1 Å². The van der Waals surface area contributed by atoms with E-state index in [2.05, 4.69) is 10.5 Å². The van der Waals surface area contributed by atoms with Gasteiger partial charge in [-0.25, -0.2) is 4.79 Å². The highest BCUT2D eigenvalue weighted by atomic mass is 16.5. The number of methoxy groups -OCH3 is 1. The molecular formula is C25H28N2O6. The summed E-state index contributed by atoms with van der Waals surface area (Å²) in [7, 11) is 1.48. The van der Waals surface area contributed by atoms with Crippen molar-refractivity contribution in [2.75, 3.05) is 12.4 Å². The van der Waals surface area contributed by atoms with E-state index in [0.717, 1.165) is 22.4 Å². The molecule has 1 amide bonds. The fourth-order valence-corrected chi connectivity index (χ4v) is 3.29. The quantitative estimate of drug-likeness (QED) is 0.495. The largest absolute Gasteiger partial charge is 0.493 e. The van der Waals surface area contributed by atoms with E-state index in [4.69, 9.17) is 18.7 Å². The minimum Gasteiger partial charge on any atom is -0.493 e. The summed E-state index contributed by atoms with van der Waals surface area (Å²) in [6.45, 7) is 9.23. The molecule has 0 fully saturated rings. The van der Waals surface area contributed by atoms with Gasteiger partial charge in [0.2, 0.25) is 0 Å². The van der Waals surface area contributed by atoms with Crippen molar-refractivity contribution in [3.05, 3.63) is 70.1 Å². The molecule has 0 spiro atoms. The van der Waals surface area contributed by atoms with Gasteiger partial charge in [0.25, 0.3) is 5.91 Å². The second-order valence-electron chi connectivity index (χ2n) is 7.76. The van der Waals surface area contributed by atoms with Gasteiger partial charge in [-0.2, -0.15) is 0 Å². The Kier molecular flexibility index (Phi) is 7.37. The normalized spacial score (nSPS) is 11.6. The van der Waals surface area contributed by atoms with E-state index in [0.29, 0.717) is 22.9 Å². The van der Waals surface area contributed by atoms with Crippen LogP contribution >= 0.6 is 0 Å². The molecule has 0 aliphatic rings. The van der Waals surface area contributed by atoms with E-state index in [1.54, 1.807) is 12.1 Å². The summed E-state index contributed by atoms with van der Waals surface area (Å²) in [6.07, 6.45) is -0.988. The molecule has 0 bridgehead atoms. The van der Waals surface area contributed by atoms with Crippen LogP contribution in [0.1, 0.15) is 45.4 Å². The zero-order chi connectivity index (χ0) is 24.1.